The van der Waals surface area contributed by atoms with Gasteiger partial charge in [0.1, 0.15) is 6.54 Å². The molecular weight excluding hydrogens is 434 g/mol. The molecular formula is C22H25N3O6S. The fourth-order valence-electron chi connectivity index (χ4n) is 3.59. The van der Waals surface area contributed by atoms with Gasteiger partial charge in [0.05, 0.1) is 23.6 Å². The number of ether oxygens (including phenoxy) is 1. The van der Waals surface area contributed by atoms with Crippen LogP contribution in [-0.4, -0.2) is 49.5 Å². The van der Waals surface area contributed by atoms with E-state index in [0.717, 1.165) is 5.56 Å². The highest BCUT2D eigenvalue weighted by atomic mass is 32.2. The lowest BCUT2D eigenvalue weighted by Gasteiger charge is -2.25. The van der Waals surface area contributed by atoms with Gasteiger partial charge in [-0.1, -0.05) is 26.0 Å². The smallest absolute Gasteiger partial charge is 0.408 e. The second-order valence-corrected chi connectivity index (χ2v) is 9.86. The molecule has 0 spiro atoms. The molecule has 0 unspecified atom stereocenters. The summed E-state index contributed by atoms with van der Waals surface area (Å²) in [4.78, 5) is 24.9. The summed E-state index contributed by atoms with van der Waals surface area (Å²) >= 11 is 0. The standard InChI is InChI=1S/C22H25N3O6S/c1-15(2)16-3-5-17(6-4-16)23-21(26)14-25-19-8-7-18(13-20(19)31-22(25)27)32(28,29)24-9-11-30-12-10-24/h3-8,13,15H,9-12,14H2,1-2H3,(H,23,26). The Kier molecular flexibility index (Phi) is 6.18. The highest BCUT2D eigenvalue weighted by Crippen LogP contribution is 2.23. The largest absolute Gasteiger partial charge is 0.420 e. The van der Waals surface area contributed by atoms with Crippen LogP contribution < -0.4 is 11.1 Å². The number of amides is 1. The van der Waals surface area contributed by atoms with Gasteiger partial charge in [-0.05, 0) is 35.7 Å². The van der Waals surface area contributed by atoms with Crippen LogP contribution in [0.1, 0.15) is 25.3 Å². The van der Waals surface area contributed by atoms with Crippen molar-refractivity contribution in [3.8, 4) is 0 Å². The van der Waals surface area contributed by atoms with Gasteiger partial charge >= 0.3 is 5.76 Å². The molecule has 0 saturated carbocycles. The van der Waals surface area contributed by atoms with E-state index in [4.69, 9.17) is 9.15 Å². The van der Waals surface area contributed by atoms with Crippen LogP contribution in [0.15, 0.2) is 56.6 Å². The highest BCUT2D eigenvalue weighted by Gasteiger charge is 2.27. The molecule has 170 valence electrons. The van der Waals surface area contributed by atoms with Crippen molar-refractivity contribution in [2.24, 2.45) is 0 Å². The monoisotopic (exact) mass is 459 g/mol. The maximum atomic E-state index is 12.8. The molecule has 0 atom stereocenters. The molecule has 9 nitrogen and oxygen atoms in total. The number of hydrogen-bond acceptors (Lipinski definition) is 6. The van der Waals surface area contributed by atoms with E-state index in [0.29, 0.717) is 30.3 Å². The van der Waals surface area contributed by atoms with Gasteiger partial charge in [0, 0.05) is 24.8 Å². The molecule has 2 heterocycles. The Hall–Kier alpha value is -2.95. The van der Waals surface area contributed by atoms with Crippen LogP contribution in [0.2, 0.25) is 0 Å². The molecule has 0 bridgehead atoms. The number of sulfonamides is 1. The molecule has 1 saturated heterocycles. The van der Waals surface area contributed by atoms with Crippen molar-refractivity contribution in [1.29, 1.82) is 0 Å². The zero-order chi connectivity index (χ0) is 22.9. The first-order chi connectivity index (χ1) is 15.3. The minimum atomic E-state index is -3.73. The summed E-state index contributed by atoms with van der Waals surface area (Å²) in [5.41, 5.74) is 2.24. The van der Waals surface area contributed by atoms with E-state index in [2.05, 4.69) is 19.2 Å². The van der Waals surface area contributed by atoms with E-state index in [1.807, 2.05) is 24.3 Å². The number of nitrogens with zero attached hydrogens (tertiary/aromatic N) is 2. The summed E-state index contributed by atoms with van der Waals surface area (Å²) in [5, 5.41) is 2.76. The van der Waals surface area contributed by atoms with Crippen LogP contribution in [0.25, 0.3) is 11.1 Å². The number of benzene rings is 2. The van der Waals surface area contributed by atoms with Gasteiger partial charge in [-0.15, -0.1) is 0 Å². The number of nitrogens with one attached hydrogen (secondary N) is 1. The summed E-state index contributed by atoms with van der Waals surface area (Å²) in [6.45, 7) is 5.12. The number of morpholine rings is 1. The minimum Gasteiger partial charge on any atom is -0.408 e. The van der Waals surface area contributed by atoms with E-state index in [-0.39, 0.29) is 30.1 Å². The molecule has 1 aliphatic rings. The zero-order valence-electron chi connectivity index (χ0n) is 17.9. The molecule has 1 amide bonds. The van der Waals surface area contributed by atoms with Crippen molar-refractivity contribution < 1.29 is 22.4 Å². The normalized spacial score (nSPS) is 15.3. The molecule has 0 aliphatic carbocycles. The molecule has 1 aliphatic heterocycles. The Bertz CT molecular complexity index is 1290. The molecule has 1 aromatic heterocycles. The SMILES string of the molecule is CC(C)c1ccc(NC(=O)Cn2c(=O)oc3cc(S(=O)(=O)N4CCOCC4)ccc32)cc1. The number of fused-ring (bicyclic) bond motifs is 1. The number of oxazole rings is 1. The minimum absolute atomic E-state index is 0.0301. The third-order valence-corrected chi connectivity index (χ3v) is 7.31. The molecule has 1 fully saturated rings. The first-order valence-electron chi connectivity index (χ1n) is 10.4. The topological polar surface area (TPSA) is 111 Å². The Morgan fingerprint density at radius 3 is 2.44 bits per heavy atom. The van der Waals surface area contributed by atoms with Crippen molar-refractivity contribution >= 4 is 32.7 Å². The van der Waals surface area contributed by atoms with Gasteiger partial charge in [0.2, 0.25) is 15.9 Å². The number of carbonyl (C=O) groups is 1. The third kappa shape index (κ3) is 4.47. The van der Waals surface area contributed by atoms with E-state index >= 15 is 0 Å². The maximum Gasteiger partial charge on any atom is 0.420 e. The van der Waals surface area contributed by atoms with E-state index < -0.39 is 21.7 Å². The summed E-state index contributed by atoms with van der Waals surface area (Å²) in [6, 6.07) is 11.7. The Morgan fingerprint density at radius 1 is 1.09 bits per heavy atom. The van der Waals surface area contributed by atoms with Gasteiger partial charge < -0.3 is 14.5 Å². The number of anilines is 1. The van der Waals surface area contributed by atoms with Gasteiger partial charge in [-0.3, -0.25) is 9.36 Å². The average Bonchev–Trinajstić information content (AvgIpc) is 3.09. The number of hydrogen-bond donors (Lipinski definition) is 1. The van der Waals surface area contributed by atoms with Crippen molar-refractivity contribution in [3.63, 3.8) is 0 Å². The van der Waals surface area contributed by atoms with Crippen LogP contribution in [0.3, 0.4) is 0 Å². The van der Waals surface area contributed by atoms with Gasteiger partial charge in [-0.2, -0.15) is 4.31 Å². The lowest BCUT2D eigenvalue weighted by atomic mass is 10.0. The van der Waals surface area contributed by atoms with Crippen molar-refractivity contribution in [2.75, 3.05) is 31.6 Å². The van der Waals surface area contributed by atoms with Gasteiger partial charge in [-0.25, -0.2) is 13.2 Å². The average molecular weight is 460 g/mol. The molecule has 0 radical (unpaired) electrons. The van der Waals surface area contributed by atoms with Crippen LogP contribution in [0.4, 0.5) is 5.69 Å². The van der Waals surface area contributed by atoms with Crippen LogP contribution in [0, 0.1) is 0 Å². The Labute approximate surface area is 185 Å². The molecule has 4 rings (SSSR count). The predicted molar refractivity (Wildman–Crippen MR) is 119 cm³/mol. The van der Waals surface area contributed by atoms with Gasteiger partial charge in [0.15, 0.2) is 5.58 Å². The first kappa shape index (κ1) is 22.3. The lowest BCUT2D eigenvalue weighted by Crippen LogP contribution is -2.40. The summed E-state index contributed by atoms with van der Waals surface area (Å²) in [6.07, 6.45) is 0. The quantitative estimate of drug-likeness (QED) is 0.606. The van der Waals surface area contributed by atoms with E-state index in [9.17, 15) is 18.0 Å². The zero-order valence-corrected chi connectivity index (χ0v) is 18.7. The second kappa shape index (κ2) is 8.89. The summed E-state index contributed by atoms with van der Waals surface area (Å²) < 4.78 is 38.7. The van der Waals surface area contributed by atoms with E-state index in [1.165, 1.54) is 27.1 Å². The highest BCUT2D eigenvalue weighted by molar-refractivity contribution is 7.89. The predicted octanol–water partition coefficient (Wildman–Crippen LogP) is 2.38. The van der Waals surface area contributed by atoms with E-state index in [1.54, 1.807) is 0 Å². The third-order valence-electron chi connectivity index (χ3n) is 5.41. The fraction of sp³-hybridized carbons (Fsp3) is 0.364. The first-order valence-corrected chi connectivity index (χ1v) is 11.8. The van der Waals surface area contributed by atoms with Gasteiger partial charge in [0.25, 0.3) is 0 Å². The second-order valence-electron chi connectivity index (χ2n) is 7.92. The molecule has 2 aromatic carbocycles. The number of aromatic nitrogens is 1. The van der Waals surface area contributed by atoms with Crippen LogP contribution in [0.5, 0.6) is 0 Å². The summed E-state index contributed by atoms with van der Waals surface area (Å²) in [7, 11) is -3.73. The number of rotatable bonds is 6. The molecule has 10 heteroatoms. The van der Waals surface area contributed by atoms with Crippen molar-refractivity contribution in [2.45, 2.75) is 31.2 Å². The fourth-order valence-corrected chi connectivity index (χ4v) is 5.01. The Morgan fingerprint density at radius 2 is 1.78 bits per heavy atom. The maximum absolute atomic E-state index is 12.8. The Balaban J connectivity index is 1.54. The molecule has 32 heavy (non-hydrogen) atoms. The molecule has 3 aromatic rings. The van der Waals surface area contributed by atoms with Crippen LogP contribution >= 0.6 is 0 Å². The summed E-state index contributed by atoms with van der Waals surface area (Å²) in [5.74, 6) is -0.740. The van der Waals surface area contributed by atoms with Crippen molar-refractivity contribution in [3.05, 3.63) is 58.6 Å². The number of carbonyl (C=O) groups excluding carboxylic acids is 1. The molecule has 1 N–H and O–H groups in total. The lowest BCUT2D eigenvalue weighted by molar-refractivity contribution is -0.116. The van der Waals surface area contributed by atoms with Crippen LogP contribution in [-0.2, 0) is 26.1 Å². The van der Waals surface area contributed by atoms with Crippen molar-refractivity contribution in [1.82, 2.24) is 8.87 Å².